The number of aryl methyl sites for hydroxylation is 1. The Labute approximate surface area is 151 Å². The van der Waals surface area contributed by atoms with Crippen molar-refractivity contribution < 1.29 is 9.53 Å². The van der Waals surface area contributed by atoms with E-state index >= 15 is 0 Å². The Morgan fingerprint density at radius 2 is 2.08 bits per heavy atom. The lowest BCUT2D eigenvalue weighted by Gasteiger charge is -2.14. The van der Waals surface area contributed by atoms with Gasteiger partial charge in [0.2, 0.25) is 0 Å². The molecule has 6 heteroatoms. The number of thiazole rings is 1. The summed E-state index contributed by atoms with van der Waals surface area (Å²) in [7, 11) is 1.53. The molecular weight excluding hydrogens is 344 g/mol. The number of aromatic nitrogens is 1. The number of amides is 1. The fourth-order valence-electron chi connectivity index (χ4n) is 2.21. The van der Waals surface area contributed by atoms with E-state index in [1.165, 1.54) is 12.0 Å². The Bertz CT molecular complexity index is 800. The minimum Gasteiger partial charge on any atom is -0.496 e. The second kappa shape index (κ2) is 7.53. The first-order valence-electron chi connectivity index (χ1n) is 7.89. The molecule has 1 heterocycles. The average molecular weight is 367 g/mol. The third-order valence-electron chi connectivity index (χ3n) is 3.51. The smallest absolute Gasteiger partial charge is 0.283 e. The molecule has 0 N–H and O–H groups in total. The highest BCUT2D eigenvalue weighted by Crippen LogP contribution is 2.25. The van der Waals surface area contributed by atoms with Crippen molar-refractivity contribution in [2.45, 2.75) is 46.1 Å². The standard InChI is InChI=1S/C18H23ClN2O2S/c1-6-9-21-11-15(18(2,3)4)24-17(21)20-16(22)13-10-12(19)7-8-14(13)23-5/h7-8,10-11H,6,9H2,1-5H3. The molecule has 4 nitrogen and oxygen atoms in total. The first-order chi connectivity index (χ1) is 11.3. The van der Waals surface area contributed by atoms with Gasteiger partial charge >= 0.3 is 0 Å². The molecule has 0 saturated heterocycles. The van der Waals surface area contributed by atoms with E-state index in [0.29, 0.717) is 21.1 Å². The zero-order chi connectivity index (χ0) is 17.9. The van der Waals surface area contributed by atoms with Gasteiger partial charge in [0.25, 0.3) is 5.91 Å². The topological polar surface area (TPSA) is 43.6 Å². The Morgan fingerprint density at radius 1 is 1.38 bits per heavy atom. The molecule has 24 heavy (non-hydrogen) atoms. The molecule has 0 saturated carbocycles. The second-order valence-corrected chi connectivity index (χ2v) is 8.03. The van der Waals surface area contributed by atoms with Crippen LogP contribution in [-0.4, -0.2) is 17.6 Å². The van der Waals surface area contributed by atoms with E-state index in [4.69, 9.17) is 16.3 Å². The van der Waals surface area contributed by atoms with Gasteiger partial charge in [-0.15, -0.1) is 11.3 Å². The van der Waals surface area contributed by atoms with Crippen LogP contribution in [0.2, 0.25) is 5.02 Å². The van der Waals surface area contributed by atoms with Gasteiger partial charge in [-0.2, -0.15) is 4.99 Å². The number of nitrogens with zero attached hydrogens (tertiary/aromatic N) is 2. The quantitative estimate of drug-likeness (QED) is 0.789. The first-order valence-corrected chi connectivity index (χ1v) is 9.09. The predicted octanol–water partition coefficient (Wildman–Crippen LogP) is 4.66. The summed E-state index contributed by atoms with van der Waals surface area (Å²) in [5.74, 6) is 0.129. The molecule has 0 radical (unpaired) electrons. The maximum absolute atomic E-state index is 12.6. The van der Waals surface area contributed by atoms with Crippen LogP contribution in [0.5, 0.6) is 5.75 Å². The van der Waals surface area contributed by atoms with Crippen molar-refractivity contribution in [3.05, 3.63) is 44.7 Å². The number of benzene rings is 1. The second-order valence-electron chi connectivity index (χ2n) is 6.58. The van der Waals surface area contributed by atoms with Crippen molar-refractivity contribution >= 4 is 28.8 Å². The molecule has 1 aromatic heterocycles. The fourth-order valence-corrected chi connectivity index (χ4v) is 3.45. The van der Waals surface area contributed by atoms with Crippen LogP contribution in [0.3, 0.4) is 0 Å². The minimum atomic E-state index is -0.346. The van der Waals surface area contributed by atoms with Gasteiger partial charge in [-0.25, -0.2) is 0 Å². The van der Waals surface area contributed by atoms with E-state index in [-0.39, 0.29) is 11.3 Å². The highest BCUT2D eigenvalue weighted by atomic mass is 35.5. The number of hydrogen-bond donors (Lipinski definition) is 0. The van der Waals surface area contributed by atoms with Gasteiger partial charge in [0.1, 0.15) is 5.75 Å². The summed E-state index contributed by atoms with van der Waals surface area (Å²) in [6.45, 7) is 9.39. The third kappa shape index (κ3) is 4.28. The molecule has 0 aliphatic carbocycles. The number of methoxy groups -OCH3 is 1. The van der Waals surface area contributed by atoms with Crippen LogP contribution in [0.1, 0.15) is 49.4 Å². The van der Waals surface area contributed by atoms with Gasteiger partial charge in [-0.3, -0.25) is 4.79 Å². The van der Waals surface area contributed by atoms with Crippen LogP contribution in [-0.2, 0) is 12.0 Å². The summed E-state index contributed by atoms with van der Waals surface area (Å²) >= 11 is 7.56. The summed E-state index contributed by atoms with van der Waals surface area (Å²) in [6, 6.07) is 4.96. The van der Waals surface area contributed by atoms with Crippen LogP contribution in [0.4, 0.5) is 0 Å². The summed E-state index contributed by atoms with van der Waals surface area (Å²) in [4.78, 5) is 18.9. The lowest BCUT2D eigenvalue weighted by Crippen LogP contribution is -2.16. The monoisotopic (exact) mass is 366 g/mol. The van der Waals surface area contributed by atoms with Gasteiger partial charge in [-0.05, 0) is 30.0 Å². The molecule has 0 bridgehead atoms. The minimum absolute atomic E-state index is 0.0186. The molecule has 0 aliphatic heterocycles. The average Bonchev–Trinajstić information content (AvgIpc) is 2.90. The Balaban J connectivity index is 2.52. The SMILES string of the molecule is CCCn1cc(C(C)(C)C)sc1=NC(=O)c1cc(Cl)ccc1OC. The molecule has 0 fully saturated rings. The van der Waals surface area contributed by atoms with Crippen LogP contribution < -0.4 is 9.54 Å². The molecule has 1 amide bonds. The maximum atomic E-state index is 12.6. The van der Waals surface area contributed by atoms with Gasteiger partial charge in [0, 0.05) is 22.6 Å². The number of carbonyl (C=O) groups is 1. The third-order valence-corrected chi connectivity index (χ3v) is 5.19. The summed E-state index contributed by atoms with van der Waals surface area (Å²) < 4.78 is 7.30. The van der Waals surface area contributed by atoms with Crippen molar-refractivity contribution in [3.63, 3.8) is 0 Å². The van der Waals surface area contributed by atoms with E-state index in [2.05, 4.69) is 38.9 Å². The van der Waals surface area contributed by atoms with Gasteiger partial charge in [0.15, 0.2) is 4.80 Å². The molecule has 2 aromatic rings. The van der Waals surface area contributed by atoms with Crippen LogP contribution in [0.15, 0.2) is 29.4 Å². The zero-order valence-corrected chi connectivity index (χ0v) is 16.3. The van der Waals surface area contributed by atoms with E-state index in [9.17, 15) is 4.79 Å². The lowest BCUT2D eigenvalue weighted by molar-refractivity contribution is 0.0995. The highest BCUT2D eigenvalue weighted by Gasteiger charge is 2.18. The van der Waals surface area contributed by atoms with Crippen LogP contribution >= 0.6 is 22.9 Å². The largest absolute Gasteiger partial charge is 0.496 e. The summed E-state index contributed by atoms with van der Waals surface area (Å²) in [6.07, 6.45) is 3.07. The number of ether oxygens (including phenoxy) is 1. The van der Waals surface area contributed by atoms with Crippen molar-refractivity contribution in [3.8, 4) is 5.75 Å². The Hall–Kier alpha value is -1.59. The van der Waals surface area contributed by atoms with Crippen LogP contribution in [0, 0.1) is 0 Å². The first kappa shape index (κ1) is 18.7. The van der Waals surface area contributed by atoms with Crippen molar-refractivity contribution in [1.82, 2.24) is 4.57 Å². The van der Waals surface area contributed by atoms with Crippen molar-refractivity contribution in [1.29, 1.82) is 0 Å². The molecule has 0 spiro atoms. The van der Waals surface area contributed by atoms with Gasteiger partial charge in [0.05, 0.1) is 12.7 Å². The zero-order valence-electron chi connectivity index (χ0n) is 14.7. The van der Waals surface area contributed by atoms with Gasteiger partial charge < -0.3 is 9.30 Å². The molecular formula is C18H23ClN2O2S. The number of carbonyl (C=O) groups excluding carboxylic acids is 1. The van der Waals surface area contributed by atoms with Crippen LogP contribution in [0.25, 0.3) is 0 Å². The number of rotatable bonds is 4. The summed E-state index contributed by atoms with van der Waals surface area (Å²) in [5.41, 5.74) is 0.392. The Kier molecular flexibility index (Phi) is 5.88. The maximum Gasteiger partial charge on any atom is 0.283 e. The predicted molar refractivity (Wildman–Crippen MR) is 99.2 cm³/mol. The van der Waals surface area contributed by atoms with Crippen molar-refractivity contribution in [2.24, 2.45) is 4.99 Å². The fraction of sp³-hybridized carbons (Fsp3) is 0.444. The van der Waals surface area contributed by atoms with Crippen molar-refractivity contribution in [2.75, 3.05) is 7.11 Å². The molecule has 0 unspecified atom stereocenters. The number of halogens is 1. The van der Waals surface area contributed by atoms with E-state index < -0.39 is 0 Å². The normalized spacial score (nSPS) is 12.5. The molecule has 0 aliphatic rings. The summed E-state index contributed by atoms with van der Waals surface area (Å²) in [5, 5.41) is 0.484. The van der Waals surface area contributed by atoms with E-state index in [1.807, 2.05) is 4.57 Å². The molecule has 0 atom stereocenters. The number of hydrogen-bond acceptors (Lipinski definition) is 3. The molecule has 1 aromatic carbocycles. The molecule has 2 rings (SSSR count). The highest BCUT2D eigenvalue weighted by molar-refractivity contribution is 7.09. The van der Waals surface area contributed by atoms with E-state index in [0.717, 1.165) is 13.0 Å². The van der Waals surface area contributed by atoms with E-state index in [1.54, 1.807) is 29.5 Å². The Morgan fingerprint density at radius 3 is 2.67 bits per heavy atom. The lowest BCUT2D eigenvalue weighted by atomic mass is 9.95. The van der Waals surface area contributed by atoms with Gasteiger partial charge in [-0.1, -0.05) is 39.3 Å². The molecule has 130 valence electrons.